The van der Waals surface area contributed by atoms with E-state index in [2.05, 4.69) is 10.6 Å². The number of aliphatic hydroxyl groups excluding tert-OH is 1. The van der Waals surface area contributed by atoms with Crippen molar-refractivity contribution in [2.45, 2.75) is 115 Å². The number of hydrogen-bond donors (Lipinski definition) is 3. The molecule has 15 nitrogen and oxygen atoms in total. The number of nitrogens with one attached hydrogen (secondary N) is 2. The summed E-state index contributed by atoms with van der Waals surface area (Å²) in [5.41, 5.74) is 1.98. The van der Waals surface area contributed by atoms with Crippen LogP contribution in [0, 0.1) is 5.41 Å². The van der Waals surface area contributed by atoms with Gasteiger partial charge in [-0.05, 0) is 68.2 Å². The maximum absolute atomic E-state index is 13.6. The fourth-order valence-electron chi connectivity index (χ4n) is 7.45. The Morgan fingerprint density at radius 2 is 1.66 bits per heavy atom. The summed E-state index contributed by atoms with van der Waals surface area (Å²) in [5, 5.41) is 15.2. The lowest BCUT2D eigenvalue weighted by Crippen LogP contribution is -2.44. The number of esters is 4. The standard InChI is InChI=1S/C44H52N2O13/c1-42(2,3)58-36(50)17-15-31(24-47)46-34(48)18-19-45-39(51)30-20-32(37-33(21-30)57-44(59-37)22-28-8-6-7-9-29(28)23-44)55-40(52)27-13-10-26(11-14-27)12-16-35(49)56-38-41(53)54-25-43(38,4)5/h6-14,16,21,31-33,37-38,47H,15,17-20,22-25H2,1-5H3,(H,45,51)(H,46,48)/t31-,32+,33+,37-,38-/m0/s1. The molecule has 2 aromatic carbocycles. The summed E-state index contributed by atoms with van der Waals surface area (Å²) in [6.45, 7) is 8.56. The zero-order valence-corrected chi connectivity index (χ0v) is 33.9. The maximum atomic E-state index is 13.6. The van der Waals surface area contributed by atoms with Crippen LogP contribution in [0.5, 0.6) is 0 Å². The predicted octanol–water partition coefficient (Wildman–Crippen LogP) is 3.43. The van der Waals surface area contributed by atoms with Crippen LogP contribution in [0.25, 0.3) is 6.08 Å². The van der Waals surface area contributed by atoms with Crippen molar-refractivity contribution in [2.24, 2.45) is 5.41 Å². The molecule has 1 spiro atoms. The molecule has 0 aromatic heterocycles. The quantitative estimate of drug-likeness (QED) is 0.142. The van der Waals surface area contributed by atoms with Gasteiger partial charge in [0.05, 0.1) is 18.2 Å². The molecule has 5 atom stereocenters. The van der Waals surface area contributed by atoms with E-state index in [-0.39, 0.29) is 51.0 Å². The van der Waals surface area contributed by atoms with Gasteiger partial charge in [0, 0.05) is 55.7 Å². The van der Waals surface area contributed by atoms with Crippen molar-refractivity contribution < 1.29 is 62.3 Å². The van der Waals surface area contributed by atoms with Crippen LogP contribution in [0.1, 0.15) is 87.4 Å². The zero-order chi connectivity index (χ0) is 42.5. The van der Waals surface area contributed by atoms with Gasteiger partial charge in [0.15, 0.2) is 5.79 Å². The van der Waals surface area contributed by atoms with Gasteiger partial charge in [-0.1, -0.05) is 50.2 Å². The average molecular weight is 817 g/mol. The van der Waals surface area contributed by atoms with Crippen molar-refractivity contribution in [1.29, 1.82) is 0 Å². The molecular formula is C44H52N2O13. The third-order valence-corrected chi connectivity index (χ3v) is 10.4. The molecule has 0 bridgehead atoms. The summed E-state index contributed by atoms with van der Waals surface area (Å²) in [7, 11) is 0. The Bertz CT molecular complexity index is 1970. The molecule has 316 valence electrons. The van der Waals surface area contributed by atoms with E-state index in [1.807, 2.05) is 24.3 Å². The van der Waals surface area contributed by atoms with Crippen molar-refractivity contribution >= 4 is 41.8 Å². The van der Waals surface area contributed by atoms with E-state index >= 15 is 0 Å². The van der Waals surface area contributed by atoms with Gasteiger partial charge in [0.2, 0.25) is 17.9 Å². The Hall–Kier alpha value is -5.38. The largest absolute Gasteiger partial charge is 0.462 e. The van der Waals surface area contributed by atoms with Crippen LogP contribution in [-0.4, -0.2) is 102 Å². The van der Waals surface area contributed by atoms with E-state index < -0.39 is 83.0 Å². The van der Waals surface area contributed by atoms with Crippen LogP contribution >= 0.6 is 0 Å². The molecular weight excluding hydrogens is 764 g/mol. The number of benzene rings is 2. The van der Waals surface area contributed by atoms with Gasteiger partial charge in [0.25, 0.3) is 0 Å². The lowest BCUT2D eigenvalue weighted by molar-refractivity contribution is -0.172. The van der Waals surface area contributed by atoms with Crippen LogP contribution in [0.3, 0.4) is 0 Å². The Morgan fingerprint density at radius 1 is 0.966 bits per heavy atom. The van der Waals surface area contributed by atoms with Crippen LogP contribution in [0.4, 0.5) is 0 Å². The molecule has 15 heteroatoms. The topological polar surface area (TPSA) is 202 Å². The second-order valence-electron chi connectivity index (χ2n) is 17.0. The normalized spacial score (nSPS) is 23.1. The highest BCUT2D eigenvalue weighted by molar-refractivity contribution is 5.95. The second kappa shape index (κ2) is 17.9. The molecule has 2 saturated heterocycles. The summed E-state index contributed by atoms with van der Waals surface area (Å²) in [6.07, 6.45) is 2.15. The minimum Gasteiger partial charge on any atom is -0.462 e. The van der Waals surface area contributed by atoms with Crippen LogP contribution in [0.2, 0.25) is 0 Å². The number of rotatable bonds is 14. The summed E-state index contributed by atoms with van der Waals surface area (Å²) in [5.74, 6) is -4.29. The van der Waals surface area contributed by atoms with Gasteiger partial charge in [0.1, 0.15) is 30.5 Å². The van der Waals surface area contributed by atoms with Crippen molar-refractivity contribution in [1.82, 2.24) is 10.6 Å². The molecule has 0 saturated carbocycles. The molecule has 3 N–H and O–H groups in total. The molecule has 2 heterocycles. The Balaban J connectivity index is 1.07. The SMILES string of the molecule is CC(C)(C)OC(=O)CC[C@@H](CO)NC(=O)CCNC(=O)C1=C[C@H]2OC3(Cc4ccccc4C3)O[C@H]2[C@H](OC(=O)c2ccc(C=CC(=O)O[C@H]3C(=O)OCC3(C)C)cc2)C1. The van der Waals surface area contributed by atoms with Crippen LogP contribution < -0.4 is 10.6 Å². The lowest BCUT2D eigenvalue weighted by Gasteiger charge is -2.30. The molecule has 2 aromatic rings. The summed E-state index contributed by atoms with van der Waals surface area (Å²) < 4.78 is 34.8. The van der Waals surface area contributed by atoms with E-state index in [0.29, 0.717) is 24.0 Å². The van der Waals surface area contributed by atoms with Crippen molar-refractivity contribution in [2.75, 3.05) is 19.8 Å². The summed E-state index contributed by atoms with van der Waals surface area (Å²) in [4.78, 5) is 76.3. The number of hydrogen-bond acceptors (Lipinski definition) is 13. The minimum absolute atomic E-state index is 0.0160. The smallest absolute Gasteiger partial charge is 0.348 e. The molecule has 0 radical (unpaired) electrons. The fraction of sp³-hybridized carbons (Fsp3) is 0.500. The number of carbonyl (C=O) groups is 6. The summed E-state index contributed by atoms with van der Waals surface area (Å²) in [6, 6.07) is 13.6. The average Bonchev–Trinajstić information content (AvgIpc) is 3.81. The number of carbonyl (C=O) groups excluding carboxylic acids is 6. The van der Waals surface area contributed by atoms with Gasteiger partial charge in [-0.25, -0.2) is 14.4 Å². The fourth-order valence-corrected chi connectivity index (χ4v) is 7.45. The molecule has 6 rings (SSSR count). The lowest BCUT2D eigenvalue weighted by atomic mass is 9.90. The first-order chi connectivity index (χ1) is 27.9. The first-order valence-corrected chi connectivity index (χ1v) is 19.8. The monoisotopic (exact) mass is 816 g/mol. The highest BCUT2D eigenvalue weighted by Crippen LogP contribution is 2.45. The van der Waals surface area contributed by atoms with Crippen molar-refractivity contribution in [3.63, 3.8) is 0 Å². The molecule has 4 aliphatic rings. The highest BCUT2D eigenvalue weighted by Gasteiger charge is 2.55. The minimum atomic E-state index is -1.01. The molecule has 59 heavy (non-hydrogen) atoms. The van der Waals surface area contributed by atoms with E-state index in [9.17, 15) is 33.9 Å². The maximum Gasteiger partial charge on any atom is 0.348 e. The Kier molecular flexibility index (Phi) is 13.1. The first-order valence-electron chi connectivity index (χ1n) is 19.8. The van der Waals surface area contributed by atoms with Gasteiger partial charge in [-0.15, -0.1) is 0 Å². The molecule has 2 aliphatic carbocycles. The summed E-state index contributed by atoms with van der Waals surface area (Å²) >= 11 is 0. The van der Waals surface area contributed by atoms with Crippen molar-refractivity contribution in [3.8, 4) is 0 Å². The van der Waals surface area contributed by atoms with Gasteiger partial charge < -0.3 is 44.2 Å². The predicted molar refractivity (Wildman–Crippen MR) is 210 cm³/mol. The molecule has 2 amide bonds. The van der Waals surface area contributed by atoms with Gasteiger partial charge >= 0.3 is 23.9 Å². The third-order valence-electron chi connectivity index (χ3n) is 10.4. The number of fused-ring (bicyclic) bond motifs is 2. The number of aliphatic hydroxyl groups is 1. The van der Waals surface area contributed by atoms with E-state index in [0.717, 1.165) is 11.1 Å². The Morgan fingerprint density at radius 3 is 2.29 bits per heavy atom. The van der Waals surface area contributed by atoms with E-state index in [1.165, 1.54) is 12.2 Å². The molecule has 2 aliphatic heterocycles. The number of ether oxygens (including phenoxy) is 6. The molecule has 0 unspecified atom stereocenters. The highest BCUT2D eigenvalue weighted by atomic mass is 16.8. The van der Waals surface area contributed by atoms with E-state index in [1.54, 1.807) is 65.0 Å². The van der Waals surface area contributed by atoms with E-state index in [4.69, 9.17) is 28.4 Å². The molecule has 2 fully saturated rings. The van der Waals surface area contributed by atoms with Crippen molar-refractivity contribution in [3.05, 3.63) is 88.5 Å². The van der Waals surface area contributed by atoms with Gasteiger partial charge in [-0.3, -0.25) is 14.4 Å². The third kappa shape index (κ3) is 11.0. The number of amides is 2. The van der Waals surface area contributed by atoms with Crippen LogP contribution in [0.15, 0.2) is 66.3 Å². The first kappa shape index (κ1) is 43.2. The number of cyclic esters (lactones) is 1. The van der Waals surface area contributed by atoms with Crippen LogP contribution in [-0.2, 0) is 65.2 Å². The second-order valence-corrected chi connectivity index (χ2v) is 17.0. The zero-order valence-electron chi connectivity index (χ0n) is 33.9. The Labute approximate surface area is 342 Å². The van der Waals surface area contributed by atoms with Gasteiger partial charge in [-0.2, -0.15) is 0 Å².